The molecule has 0 aliphatic rings. The van der Waals surface area contributed by atoms with Crippen molar-refractivity contribution in [3.05, 3.63) is 40.2 Å². The van der Waals surface area contributed by atoms with Gasteiger partial charge in [0.2, 0.25) is 0 Å². The molecular formula is C9H5BrLiNS. The third-order valence-electron chi connectivity index (χ3n) is 1.53. The molecular weight excluding hydrogens is 241 g/mol. The first kappa shape index (κ1) is 11.0. The average molecular weight is 246 g/mol. The minimum Gasteiger partial charge on any atom is -0.307 e. The molecule has 0 unspecified atom stereocenters. The molecule has 0 amide bonds. The van der Waals surface area contributed by atoms with Gasteiger partial charge in [0.25, 0.3) is 0 Å². The van der Waals surface area contributed by atoms with Gasteiger partial charge in [-0.3, -0.25) is 0 Å². The SMILES string of the molecule is Brc1[c-]snc1-c1ccccc1.[Li+]. The zero-order chi connectivity index (χ0) is 8.39. The predicted molar refractivity (Wildman–Crippen MR) is 54.1 cm³/mol. The van der Waals surface area contributed by atoms with Gasteiger partial charge in [-0.25, -0.2) is 0 Å². The maximum atomic E-state index is 4.23. The fourth-order valence-electron chi connectivity index (χ4n) is 0.972. The Morgan fingerprint density at radius 2 is 1.92 bits per heavy atom. The minimum atomic E-state index is 0. The second-order valence-electron chi connectivity index (χ2n) is 2.31. The molecule has 0 aliphatic carbocycles. The van der Waals surface area contributed by atoms with E-state index in [0.717, 1.165) is 15.7 Å². The Morgan fingerprint density at radius 3 is 2.46 bits per heavy atom. The van der Waals surface area contributed by atoms with E-state index in [1.165, 1.54) is 11.5 Å². The molecule has 2 aromatic rings. The molecule has 13 heavy (non-hydrogen) atoms. The summed E-state index contributed by atoms with van der Waals surface area (Å²) in [4.78, 5) is 0. The first-order chi connectivity index (χ1) is 5.88. The molecule has 1 aromatic heterocycles. The Balaban J connectivity index is 0.000000845. The van der Waals surface area contributed by atoms with Crippen LogP contribution in [0.4, 0.5) is 0 Å². The van der Waals surface area contributed by atoms with Crippen LogP contribution in [0.3, 0.4) is 0 Å². The summed E-state index contributed by atoms with van der Waals surface area (Å²) in [6.07, 6.45) is 0. The van der Waals surface area contributed by atoms with Gasteiger partial charge in [0.15, 0.2) is 0 Å². The molecule has 0 saturated carbocycles. The molecule has 2 rings (SSSR count). The van der Waals surface area contributed by atoms with Crippen molar-refractivity contribution in [1.82, 2.24) is 4.37 Å². The van der Waals surface area contributed by atoms with Gasteiger partial charge in [-0.1, -0.05) is 57.5 Å². The van der Waals surface area contributed by atoms with Crippen LogP contribution < -0.4 is 18.9 Å². The van der Waals surface area contributed by atoms with Crippen molar-refractivity contribution < 1.29 is 18.9 Å². The molecule has 1 aromatic carbocycles. The Kier molecular flexibility index (Phi) is 4.21. The Morgan fingerprint density at radius 1 is 1.23 bits per heavy atom. The predicted octanol–water partition coefficient (Wildman–Crippen LogP) is 0.377. The van der Waals surface area contributed by atoms with E-state index in [4.69, 9.17) is 0 Å². The molecule has 0 aliphatic heterocycles. The first-order valence-electron chi connectivity index (χ1n) is 3.46. The van der Waals surface area contributed by atoms with Crippen LogP contribution in [0.15, 0.2) is 34.8 Å². The van der Waals surface area contributed by atoms with E-state index in [-0.39, 0.29) is 18.9 Å². The van der Waals surface area contributed by atoms with Gasteiger partial charge in [0.1, 0.15) is 0 Å². The van der Waals surface area contributed by atoms with Crippen molar-refractivity contribution >= 4 is 27.5 Å². The maximum absolute atomic E-state index is 4.23. The van der Waals surface area contributed by atoms with Crippen molar-refractivity contribution in [2.45, 2.75) is 0 Å². The van der Waals surface area contributed by atoms with Gasteiger partial charge in [0, 0.05) is 0 Å². The fourth-order valence-corrected chi connectivity index (χ4v) is 2.13. The van der Waals surface area contributed by atoms with Crippen LogP contribution in [0.5, 0.6) is 0 Å². The van der Waals surface area contributed by atoms with Crippen LogP contribution in [0.2, 0.25) is 0 Å². The largest absolute Gasteiger partial charge is 1.00 e. The van der Waals surface area contributed by atoms with Gasteiger partial charge < -0.3 is 4.37 Å². The van der Waals surface area contributed by atoms with Gasteiger partial charge in [-0.05, 0) is 0 Å². The van der Waals surface area contributed by atoms with Crippen molar-refractivity contribution in [1.29, 1.82) is 0 Å². The zero-order valence-corrected chi connectivity index (χ0v) is 9.52. The molecule has 1 heterocycles. The Hall–Kier alpha value is -0.0726. The van der Waals surface area contributed by atoms with E-state index in [1.807, 2.05) is 30.3 Å². The molecule has 0 saturated heterocycles. The number of nitrogens with zero attached hydrogens (tertiary/aromatic N) is 1. The number of rotatable bonds is 1. The van der Waals surface area contributed by atoms with Crippen LogP contribution in [0.25, 0.3) is 11.3 Å². The standard InChI is InChI=1S/C9H5BrNS.Li/c10-8-6-12-11-9(8)7-4-2-1-3-5-7;/h1-5H;/q-1;+1. The fraction of sp³-hybridized carbons (Fsp3) is 0. The number of halogens is 1. The molecule has 1 nitrogen and oxygen atoms in total. The summed E-state index contributed by atoms with van der Waals surface area (Å²) in [5.74, 6) is 0. The van der Waals surface area contributed by atoms with E-state index < -0.39 is 0 Å². The van der Waals surface area contributed by atoms with E-state index in [1.54, 1.807) is 0 Å². The van der Waals surface area contributed by atoms with Gasteiger partial charge in [-0.2, -0.15) is 16.9 Å². The third kappa shape index (κ3) is 2.44. The summed E-state index contributed by atoms with van der Waals surface area (Å²) >= 11 is 4.73. The van der Waals surface area contributed by atoms with E-state index in [0.29, 0.717) is 0 Å². The van der Waals surface area contributed by atoms with Crippen molar-refractivity contribution in [2.75, 3.05) is 0 Å². The van der Waals surface area contributed by atoms with Gasteiger partial charge in [0.05, 0.1) is 0 Å². The van der Waals surface area contributed by atoms with Crippen LogP contribution in [-0.2, 0) is 0 Å². The average Bonchev–Trinajstić information content (AvgIpc) is 2.53. The number of hydrogen-bond acceptors (Lipinski definition) is 2. The normalized spacial score (nSPS) is 9.31. The zero-order valence-electron chi connectivity index (χ0n) is 7.12. The Labute approximate surface area is 102 Å². The molecule has 0 atom stereocenters. The molecule has 4 heteroatoms. The summed E-state index contributed by atoms with van der Waals surface area (Å²) in [6, 6.07) is 10.1. The van der Waals surface area contributed by atoms with Gasteiger partial charge >= 0.3 is 18.9 Å². The van der Waals surface area contributed by atoms with E-state index in [9.17, 15) is 0 Å². The van der Waals surface area contributed by atoms with Crippen molar-refractivity contribution in [3.8, 4) is 11.3 Å². The quantitative estimate of drug-likeness (QED) is 0.523. The third-order valence-corrected chi connectivity index (χ3v) is 2.93. The summed E-state index contributed by atoms with van der Waals surface area (Å²) in [7, 11) is 0. The van der Waals surface area contributed by atoms with E-state index in [2.05, 4.69) is 25.7 Å². The van der Waals surface area contributed by atoms with Crippen molar-refractivity contribution in [2.24, 2.45) is 0 Å². The summed E-state index contributed by atoms with van der Waals surface area (Å²) < 4.78 is 5.17. The Bertz CT molecular complexity index is 374. The monoisotopic (exact) mass is 245 g/mol. The topological polar surface area (TPSA) is 12.9 Å². The number of aromatic nitrogens is 1. The van der Waals surface area contributed by atoms with Gasteiger partial charge in [-0.15, -0.1) is 4.47 Å². The second kappa shape index (κ2) is 4.97. The number of hydrogen-bond donors (Lipinski definition) is 0. The van der Waals surface area contributed by atoms with Crippen LogP contribution in [0, 0.1) is 5.38 Å². The van der Waals surface area contributed by atoms with Crippen LogP contribution in [-0.4, -0.2) is 4.37 Å². The van der Waals surface area contributed by atoms with Crippen LogP contribution >= 0.6 is 27.5 Å². The second-order valence-corrected chi connectivity index (χ2v) is 3.68. The first-order valence-corrected chi connectivity index (χ1v) is 5.03. The molecule has 0 spiro atoms. The van der Waals surface area contributed by atoms with Crippen LogP contribution in [0.1, 0.15) is 0 Å². The number of benzene rings is 1. The molecule has 0 radical (unpaired) electrons. The summed E-state index contributed by atoms with van der Waals surface area (Å²) in [6.45, 7) is 0. The maximum Gasteiger partial charge on any atom is 1.00 e. The summed E-state index contributed by atoms with van der Waals surface area (Å²) in [5, 5.41) is 3.01. The summed E-state index contributed by atoms with van der Waals surface area (Å²) in [5.41, 5.74) is 2.10. The molecule has 0 bridgehead atoms. The smallest absolute Gasteiger partial charge is 0.307 e. The minimum absolute atomic E-state index is 0. The van der Waals surface area contributed by atoms with Crippen molar-refractivity contribution in [3.63, 3.8) is 0 Å². The molecule has 60 valence electrons. The molecule has 0 N–H and O–H groups in total. The molecule has 0 fully saturated rings. The van der Waals surface area contributed by atoms with E-state index >= 15 is 0 Å².